The fourth-order valence-corrected chi connectivity index (χ4v) is 1.76. The lowest BCUT2D eigenvalue weighted by Gasteiger charge is -2.00. The van der Waals surface area contributed by atoms with E-state index in [1.165, 1.54) is 0 Å². The molecule has 1 heterocycles. The molecule has 0 aliphatic carbocycles. The Morgan fingerprint density at radius 1 is 1.22 bits per heavy atom. The molecule has 5 nitrogen and oxygen atoms in total. The summed E-state index contributed by atoms with van der Waals surface area (Å²) in [6.45, 7) is 0. The zero-order chi connectivity index (χ0) is 13.0. The molecule has 94 valence electrons. The molecule has 0 radical (unpaired) electrons. The molecule has 0 bridgehead atoms. The van der Waals surface area contributed by atoms with Gasteiger partial charge in [0.1, 0.15) is 6.42 Å². The van der Waals surface area contributed by atoms with Gasteiger partial charge in [0.2, 0.25) is 11.8 Å². The molecule has 1 N–H and O–H groups in total. The van der Waals surface area contributed by atoms with E-state index in [1.54, 1.807) is 0 Å². The van der Waals surface area contributed by atoms with Gasteiger partial charge in [-0.25, -0.2) is 0 Å². The lowest BCUT2D eigenvalue weighted by Crippen LogP contribution is -1.99. The molecule has 0 saturated carbocycles. The average Bonchev–Trinajstić information content (AvgIpc) is 2.75. The number of hydrogen-bond acceptors (Lipinski definition) is 4. The molecule has 2 aromatic rings. The van der Waals surface area contributed by atoms with Crippen molar-refractivity contribution >= 4 is 17.6 Å². The first-order chi connectivity index (χ1) is 8.65. The van der Waals surface area contributed by atoms with Crippen LogP contribution in [0.2, 0.25) is 5.02 Å². The number of nitrogens with zero attached hydrogens (tertiary/aromatic N) is 2. The number of benzene rings is 1. The van der Waals surface area contributed by atoms with Crippen LogP contribution in [0.15, 0.2) is 28.7 Å². The van der Waals surface area contributed by atoms with Crippen LogP contribution < -0.4 is 0 Å². The fourth-order valence-electron chi connectivity index (χ4n) is 1.53. The van der Waals surface area contributed by atoms with Crippen LogP contribution in [0.3, 0.4) is 0 Å². The van der Waals surface area contributed by atoms with Gasteiger partial charge >= 0.3 is 5.97 Å². The van der Waals surface area contributed by atoms with Crippen molar-refractivity contribution in [2.24, 2.45) is 0 Å². The van der Waals surface area contributed by atoms with E-state index in [0.717, 1.165) is 5.56 Å². The Morgan fingerprint density at radius 3 is 2.67 bits per heavy atom. The van der Waals surface area contributed by atoms with E-state index in [4.69, 9.17) is 21.1 Å². The van der Waals surface area contributed by atoms with Gasteiger partial charge in [-0.3, -0.25) is 4.79 Å². The molecule has 0 spiro atoms. The van der Waals surface area contributed by atoms with Crippen molar-refractivity contribution in [3.63, 3.8) is 0 Å². The maximum Gasteiger partial charge on any atom is 0.312 e. The SMILES string of the molecule is O=C(O)Cc1nnc(CCc2ccccc2Cl)o1. The van der Waals surface area contributed by atoms with Crippen molar-refractivity contribution in [2.45, 2.75) is 19.3 Å². The number of halogens is 1. The summed E-state index contributed by atoms with van der Waals surface area (Å²) in [7, 11) is 0. The average molecular weight is 267 g/mol. The molecule has 0 atom stereocenters. The highest BCUT2D eigenvalue weighted by Gasteiger charge is 2.10. The van der Waals surface area contributed by atoms with Crippen molar-refractivity contribution in [1.82, 2.24) is 10.2 Å². The Hall–Kier alpha value is -1.88. The minimum atomic E-state index is -0.990. The van der Waals surface area contributed by atoms with Crippen molar-refractivity contribution in [3.05, 3.63) is 46.6 Å². The monoisotopic (exact) mass is 266 g/mol. The van der Waals surface area contributed by atoms with Crippen molar-refractivity contribution in [2.75, 3.05) is 0 Å². The number of hydrogen-bond donors (Lipinski definition) is 1. The molecule has 1 aromatic carbocycles. The quantitative estimate of drug-likeness (QED) is 0.897. The Labute approximate surface area is 108 Å². The predicted molar refractivity (Wildman–Crippen MR) is 64.5 cm³/mol. The number of aliphatic carboxylic acids is 1. The standard InChI is InChI=1S/C12H11ClN2O3/c13-9-4-2-1-3-8(9)5-6-10-14-15-11(18-10)7-12(16)17/h1-4H,5-7H2,(H,16,17). The van der Waals surface area contributed by atoms with Gasteiger partial charge in [-0.2, -0.15) is 0 Å². The number of rotatable bonds is 5. The van der Waals surface area contributed by atoms with Gasteiger partial charge in [-0.1, -0.05) is 29.8 Å². The maximum atomic E-state index is 10.5. The molecule has 0 amide bonds. The second-order valence-electron chi connectivity index (χ2n) is 3.75. The highest BCUT2D eigenvalue weighted by molar-refractivity contribution is 6.31. The summed E-state index contributed by atoms with van der Waals surface area (Å²) in [4.78, 5) is 10.5. The van der Waals surface area contributed by atoms with E-state index in [2.05, 4.69) is 10.2 Å². The Morgan fingerprint density at radius 2 is 1.94 bits per heavy atom. The summed E-state index contributed by atoms with van der Waals surface area (Å²) >= 11 is 6.02. The van der Waals surface area contributed by atoms with Crippen LogP contribution in [-0.2, 0) is 24.1 Å². The summed E-state index contributed by atoms with van der Waals surface area (Å²) in [5, 5.41) is 16.7. The largest absolute Gasteiger partial charge is 0.481 e. The molecule has 2 rings (SSSR count). The molecule has 0 saturated heterocycles. The van der Waals surface area contributed by atoms with Crippen LogP contribution in [0.4, 0.5) is 0 Å². The summed E-state index contributed by atoms with van der Waals surface area (Å²) in [5.74, 6) is -0.445. The molecule has 6 heteroatoms. The molecule has 18 heavy (non-hydrogen) atoms. The van der Waals surface area contributed by atoms with Crippen molar-refractivity contribution in [3.8, 4) is 0 Å². The Kier molecular flexibility index (Phi) is 3.94. The zero-order valence-electron chi connectivity index (χ0n) is 9.47. The molecular weight excluding hydrogens is 256 g/mol. The zero-order valence-corrected chi connectivity index (χ0v) is 10.2. The maximum absolute atomic E-state index is 10.5. The number of carbonyl (C=O) groups is 1. The van der Waals surface area contributed by atoms with Crippen LogP contribution in [0, 0.1) is 0 Å². The van der Waals surface area contributed by atoms with E-state index < -0.39 is 5.97 Å². The van der Waals surface area contributed by atoms with Gasteiger partial charge in [0.25, 0.3) is 0 Å². The van der Waals surface area contributed by atoms with Gasteiger partial charge in [0, 0.05) is 11.4 Å². The minimum Gasteiger partial charge on any atom is -0.481 e. The summed E-state index contributed by atoms with van der Waals surface area (Å²) in [6.07, 6.45) is 0.962. The molecule has 0 aliphatic heterocycles. The number of aromatic nitrogens is 2. The highest BCUT2D eigenvalue weighted by Crippen LogP contribution is 2.17. The first-order valence-corrected chi connectivity index (χ1v) is 5.79. The number of aryl methyl sites for hydroxylation is 2. The second kappa shape index (κ2) is 5.64. The van der Waals surface area contributed by atoms with Gasteiger partial charge in [0.05, 0.1) is 0 Å². The summed E-state index contributed by atoms with van der Waals surface area (Å²) < 4.78 is 5.21. The third kappa shape index (κ3) is 3.30. The molecule has 0 unspecified atom stereocenters. The lowest BCUT2D eigenvalue weighted by molar-refractivity contribution is -0.136. The van der Waals surface area contributed by atoms with E-state index in [9.17, 15) is 4.79 Å². The Balaban J connectivity index is 1.96. The Bertz CT molecular complexity index is 554. The summed E-state index contributed by atoms with van der Waals surface area (Å²) in [5.41, 5.74) is 0.997. The van der Waals surface area contributed by atoms with Crippen LogP contribution in [0.1, 0.15) is 17.3 Å². The van der Waals surface area contributed by atoms with Crippen molar-refractivity contribution in [1.29, 1.82) is 0 Å². The third-order valence-electron chi connectivity index (χ3n) is 2.38. The first-order valence-electron chi connectivity index (χ1n) is 5.41. The van der Waals surface area contributed by atoms with Gasteiger partial charge in [0.15, 0.2) is 0 Å². The smallest absolute Gasteiger partial charge is 0.312 e. The van der Waals surface area contributed by atoms with Crippen LogP contribution >= 0.6 is 11.6 Å². The number of carboxylic acids is 1. The topological polar surface area (TPSA) is 76.2 Å². The number of carboxylic acid groups (broad SMARTS) is 1. The lowest BCUT2D eigenvalue weighted by atomic mass is 10.1. The predicted octanol–water partition coefficient (Wildman–Crippen LogP) is 2.14. The van der Waals surface area contributed by atoms with Crippen LogP contribution in [0.25, 0.3) is 0 Å². The summed E-state index contributed by atoms with van der Waals surface area (Å²) in [6, 6.07) is 7.52. The normalized spacial score (nSPS) is 10.5. The van der Waals surface area contributed by atoms with Crippen molar-refractivity contribution < 1.29 is 14.3 Å². The molecular formula is C12H11ClN2O3. The van der Waals surface area contributed by atoms with Gasteiger partial charge in [-0.15, -0.1) is 10.2 Å². The first kappa shape index (κ1) is 12.6. The molecule has 1 aromatic heterocycles. The molecule has 0 fully saturated rings. The minimum absolute atomic E-state index is 0.122. The third-order valence-corrected chi connectivity index (χ3v) is 2.75. The molecule has 0 aliphatic rings. The van der Waals surface area contributed by atoms with Crippen LogP contribution in [0.5, 0.6) is 0 Å². The second-order valence-corrected chi connectivity index (χ2v) is 4.16. The van der Waals surface area contributed by atoms with Crippen LogP contribution in [-0.4, -0.2) is 21.3 Å². The van der Waals surface area contributed by atoms with E-state index in [1.807, 2.05) is 24.3 Å². The van der Waals surface area contributed by atoms with E-state index in [-0.39, 0.29) is 12.3 Å². The van der Waals surface area contributed by atoms with E-state index >= 15 is 0 Å². The van der Waals surface area contributed by atoms with Gasteiger partial charge in [-0.05, 0) is 18.1 Å². The van der Waals surface area contributed by atoms with E-state index in [0.29, 0.717) is 23.8 Å². The van der Waals surface area contributed by atoms with Gasteiger partial charge < -0.3 is 9.52 Å². The highest BCUT2D eigenvalue weighted by atomic mass is 35.5. The fraction of sp³-hybridized carbons (Fsp3) is 0.250.